The maximum absolute atomic E-state index is 12.9. The van der Waals surface area contributed by atoms with Crippen molar-refractivity contribution in [3.8, 4) is 0 Å². The molecule has 0 spiro atoms. The molecule has 3 rings (SSSR count). The van der Waals surface area contributed by atoms with E-state index >= 15 is 0 Å². The van der Waals surface area contributed by atoms with Crippen LogP contribution in [-0.2, 0) is 17.8 Å². The quantitative estimate of drug-likeness (QED) is 0.879. The highest BCUT2D eigenvalue weighted by Gasteiger charge is 2.19. The van der Waals surface area contributed by atoms with Crippen LogP contribution in [0.5, 0.6) is 0 Å². The van der Waals surface area contributed by atoms with Gasteiger partial charge in [-0.1, -0.05) is 12.1 Å². The average molecular weight is 341 g/mol. The number of benzene rings is 1. The van der Waals surface area contributed by atoms with E-state index in [-0.39, 0.29) is 11.7 Å². The fourth-order valence-electron chi connectivity index (χ4n) is 3.20. The summed E-state index contributed by atoms with van der Waals surface area (Å²) >= 11 is 0. The number of likely N-dealkylation sites (tertiary alicyclic amines) is 1. The Labute approximate surface area is 148 Å². The Morgan fingerprint density at radius 1 is 1.08 bits per heavy atom. The van der Waals surface area contributed by atoms with Gasteiger partial charge in [0.05, 0.1) is 6.42 Å². The highest BCUT2D eigenvalue weighted by atomic mass is 19.1. The summed E-state index contributed by atoms with van der Waals surface area (Å²) in [5, 5.41) is 3.02. The van der Waals surface area contributed by atoms with E-state index in [0.717, 1.165) is 44.6 Å². The number of hydrogen-bond donors (Lipinski definition) is 1. The van der Waals surface area contributed by atoms with Gasteiger partial charge in [-0.2, -0.15) is 0 Å². The normalized spacial score (nSPS) is 15.9. The van der Waals surface area contributed by atoms with Crippen LogP contribution in [-0.4, -0.2) is 35.4 Å². The first kappa shape index (κ1) is 17.5. The van der Waals surface area contributed by atoms with E-state index in [0.29, 0.717) is 12.3 Å². The van der Waals surface area contributed by atoms with Crippen molar-refractivity contribution in [3.63, 3.8) is 0 Å². The average Bonchev–Trinajstić information content (AvgIpc) is 2.64. The Morgan fingerprint density at radius 2 is 1.76 bits per heavy atom. The lowest BCUT2D eigenvalue weighted by Gasteiger charge is -2.32. The lowest BCUT2D eigenvalue weighted by molar-refractivity contribution is -0.120. The van der Waals surface area contributed by atoms with Crippen molar-refractivity contribution in [3.05, 3.63) is 65.7 Å². The van der Waals surface area contributed by atoms with Crippen molar-refractivity contribution in [2.45, 2.75) is 25.8 Å². The van der Waals surface area contributed by atoms with Crippen LogP contribution in [0.25, 0.3) is 0 Å². The zero-order valence-electron chi connectivity index (χ0n) is 14.3. The van der Waals surface area contributed by atoms with Gasteiger partial charge in [0.1, 0.15) is 5.82 Å². The number of piperidine rings is 1. The molecule has 2 heterocycles. The first-order valence-corrected chi connectivity index (χ1v) is 8.81. The minimum atomic E-state index is -0.275. The molecule has 1 fully saturated rings. The van der Waals surface area contributed by atoms with E-state index < -0.39 is 0 Å². The van der Waals surface area contributed by atoms with Gasteiger partial charge in [-0.15, -0.1) is 0 Å². The van der Waals surface area contributed by atoms with Crippen molar-refractivity contribution < 1.29 is 9.18 Å². The molecule has 0 radical (unpaired) electrons. The van der Waals surface area contributed by atoms with Crippen molar-refractivity contribution in [1.82, 2.24) is 15.2 Å². The van der Waals surface area contributed by atoms with Gasteiger partial charge in [0.2, 0.25) is 5.91 Å². The summed E-state index contributed by atoms with van der Waals surface area (Å²) < 4.78 is 12.9. The minimum Gasteiger partial charge on any atom is -0.356 e. The molecule has 1 saturated heterocycles. The molecule has 0 atom stereocenters. The SMILES string of the molecule is O=C(Cc1ccc(F)cc1)NCC1CCN(Cc2ccncc2)CC1. The standard InChI is InChI=1S/C20H24FN3O/c21-19-3-1-16(2-4-19)13-20(25)23-14-17-7-11-24(12-8-17)15-18-5-9-22-10-6-18/h1-6,9-10,17H,7-8,11-15H2,(H,23,25). The summed E-state index contributed by atoms with van der Waals surface area (Å²) in [5.74, 6) is 0.263. The molecule has 25 heavy (non-hydrogen) atoms. The number of hydrogen-bond acceptors (Lipinski definition) is 3. The third kappa shape index (κ3) is 5.64. The molecule has 0 bridgehead atoms. The van der Waals surface area contributed by atoms with Crippen LogP contribution in [0.1, 0.15) is 24.0 Å². The number of nitrogens with one attached hydrogen (secondary N) is 1. The third-order valence-corrected chi connectivity index (χ3v) is 4.73. The second-order valence-electron chi connectivity index (χ2n) is 6.68. The van der Waals surface area contributed by atoms with Crippen LogP contribution in [0.4, 0.5) is 4.39 Å². The van der Waals surface area contributed by atoms with Crippen LogP contribution >= 0.6 is 0 Å². The van der Waals surface area contributed by atoms with E-state index in [1.54, 1.807) is 12.1 Å². The Hall–Kier alpha value is -2.27. The first-order chi connectivity index (χ1) is 12.2. The molecule has 0 saturated carbocycles. The predicted octanol–water partition coefficient (Wildman–Crippen LogP) is 2.79. The Balaban J connectivity index is 1.36. The van der Waals surface area contributed by atoms with Gasteiger partial charge in [-0.05, 0) is 67.2 Å². The Kier molecular flexibility index (Phi) is 6.12. The number of carbonyl (C=O) groups excluding carboxylic acids is 1. The number of amides is 1. The number of carbonyl (C=O) groups is 1. The number of rotatable bonds is 6. The van der Waals surface area contributed by atoms with Crippen molar-refractivity contribution in [1.29, 1.82) is 0 Å². The zero-order valence-corrected chi connectivity index (χ0v) is 14.3. The first-order valence-electron chi connectivity index (χ1n) is 8.81. The molecule has 1 aliphatic heterocycles. The Morgan fingerprint density at radius 3 is 2.44 bits per heavy atom. The number of nitrogens with zero attached hydrogens (tertiary/aromatic N) is 2. The van der Waals surface area contributed by atoms with E-state index in [4.69, 9.17) is 0 Å². The molecule has 1 aromatic heterocycles. The molecule has 132 valence electrons. The zero-order chi connectivity index (χ0) is 17.5. The van der Waals surface area contributed by atoms with Crippen LogP contribution in [0.2, 0.25) is 0 Å². The maximum Gasteiger partial charge on any atom is 0.224 e. The summed E-state index contributed by atoms with van der Waals surface area (Å²) in [6.07, 6.45) is 6.17. The molecule has 1 N–H and O–H groups in total. The predicted molar refractivity (Wildman–Crippen MR) is 95.4 cm³/mol. The third-order valence-electron chi connectivity index (χ3n) is 4.73. The number of pyridine rings is 1. The number of halogens is 1. The van der Waals surface area contributed by atoms with Crippen LogP contribution in [0, 0.1) is 11.7 Å². The van der Waals surface area contributed by atoms with Gasteiger partial charge in [-0.25, -0.2) is 4.39 Å². The fraction of sp³-hybridized carbons (Fsp3) is 0.400. The highest BCUT2D eigenvalue weighted by Crippen LogP contribution is 2.18. The molecule has 4 nitrogen and oxygen atoms in total. The Bertz CT molecular complexity index is 667. The monoisotopic (exact) mass is 341 g/mol. The molecule has 0 aliphatic carbocycles. The van der Waals surface area contributed by atoms with Crippen molar-refractivity contribution in [2.24, 2.45) is 5.92 Å². The van der Waals surface area contributed by atoms with Gasteiger partial charge >= 0.3 is 0 Å². The summed E-state index contributed by atoms with van der Waals surface area (Å²) in [7, 11) is 0. The second-order valence-corrected chi connectivity index (χ2v) is 6.68. The lowest BCUT2D eigenvalue weighted by Crippen LogP contribution is -2.38. The smallest absolute Gasteiger partial charge is 0.224 e. The van der Waals surface area contributed by atoms with Crippen LogP contribution in [0.15, 0.2) is 48.8 Å². The van der Waals surface area contributed by atoms with E-state index in [9.17, 15) is 9.18 Å². The fourth-order valence-corrected chi connectivity index (χ4v) is 3.20. The molecule has 1 aliphatic rings. The minimum absolute atomic E-state index is 0.00539. The molecule has 2 aromatic rings. The van der Waals surface area contributed by atoms with Gasteiger partial charge in [0, 0.05) is 25.5 Å². The van der Waals surface area contributed by atoms with Gasteiger partial charge < -0.3 is 5.32 Å². The topological polar surface area (TPSA) is 45.2 Å². The molecule has 1 aromatic carbocycles. The second kappa shape index (κ2) is 8.72. The summed E-state index contributed by atoms with van der Waals surface area (Å²) in [4.78, 5) is 18.5. The van der Waals surface area contributed by atoms with E-state index in [1.807, 2.05) is 12.4 Å². The largest absolute Gasteiger partial charge is 0.356 e. The maximum atomic E-state index is 12.9. The van der Waals surface area contributed by atoms with Crippen LogP contribution < -0.4 is 5.32 Å². The molecular formula is C20H24FN3O. The lowest BCUT2D eigenvalue weighted by atomic mass is 9.96. The number of aromatic nitrogens is 1. The van der Waals surface area contributed by atoms with Crippen molar-refractivity contribution in [2.75, 3.05) is 19.6 Å². The van der Waals surface area contributed by atoms with Crippen molar-refractivity contribution >= 4 is 5.91 Å². The van der Waals surface area contributed by atoms with E-state index in [1.165, 1.54) is 17.7 Å². The summed E-state index contributed by atoms with van der Waals surface area (Å²) in [5.41, 5.74) is 2.13. The van der Waals surface area contributed by atoms with Gasteiger partial charge in [-0.3, -0.25) is 14.7 Å². The summed E-state index contributed by atoms with van der Waals surface area (Å²) in [6, 6.07) is 10.2. The molecular weight excluding hydrogens is 317 g/mol. The molecule has 1 amide bonds. The highest BCUT2D eigenvalue weighted by molar-refractivity contribution is 5.78. The molecule has 5 heteroatoms. The molecule has 0 unspecified atom stereocenters. The van der Waals surface area contributed by atoms with Gasteiger partial charge in [0.25, 0.3) is 0 Å². The van der Waals surface area contributed by atoms with Crippen LogP contribution in [0.3, 0.4) is 0 Å². The van der Waals surface area contributed by atoms with E-state index in [2.05, 4.69) is 27.3 Å². The van der Waals surface area contributed by atoms with Gasteiger partial charge in [0.15, 0.2) is 0 Å². The summed E-state index contributed by atoms with van der Waals surface area (Å²) in [6.45, 7) is 3.80.